The van der Waals surface area contributed by atoms with Crippen LogP contribution in [0.25, 0.3) is 5.76 Å². The monoisotopic (exact) mass is 469 g/mol. The normalized spacial score (nSPS) is 17.1. The molecule has 0 spiro atoms. The predicted octanol–water partition coefficient (Wildman–Crippen LogP) is 5.11. The molecule has 1 amide bonds. The van der Waals surface area contributed by atoms with Crippen LogP contribution in [0.5, 0.6) is 0 Å². The van der Waals surface area contributed by atoms with Crippen LogP contribution in [-0.4, -0.2) is 39.8 Å². The maximum absolute atomic E-state index is 13.3. The van der Waals surface area contributed by atoms with Crippen molar-refractivity contribution in [1.29, 1.82) is 0 Å². The van der Waals surface area contributed by atoms with Gasteiger partial charge >= 0.3 is 0 Å². The van der Waals surface area contributed by atoms with E-state index in [9.17, 15) is 14.7 Å². The summed E-state index contributed by atoms with van der Waals surface area (Å²) < 4.78 is 0. The van der Waals surface area contributed by atoms with Gasteiger partial charge in [0.25, 0.3) is 11.7 Å². The number of aliphatic hydroxyl groups excluding tert-OH is 1. The summed E-state index contributed by atoms with van der Waals surface area (Å²) in [7, 11) is 0. The van der Waals surface area contributed by atoms with Gasteiger partial charge in [-0.3, -0.25) is 14.6 Å². The first kappa shape index (κ1) is 24.2. The maximum Gasteiger partial charge on any atom is 0.296 e. The summed E-state index contributed by atoms with van der Waals surface area (Å²) in [4.78, 5) is 34.5. The molecule has 0 radical (unpaired) electrons. The Hall–Kier alpha value is -3.93. The number of anilines is 1. The van der Waals surface area contributed by atoms with Gasteiger partial charge in [-0.1, -0.05) is 49.4 Å². The molecular weight excluding hydrogens is 438 g/mol. The molecule has 6 nitrogen and oxygen atoms in total. The Morgan fingerprint density at radius 1 is 0.943 bits per heavy atom. The molecule has 6 heteroatoms. The average molecular weight is 470 g/mol. The molecule has 3 aromatic rings. The van der Waals surface area contributed by atoms with Crippen LogP contribution in [0, 0.1) is 0 Å². The van der Waals surface area contributed by atoms with Crippen LogP contribution < -0.4 is 4.90 Å². The molecule has 1 unspecified atom stereocenters. The van der Waals surface area contributed by atoms with E-state index in [1.54, 1.807) is 24.4 Å². The van der Waals surface area contributed by atoms with Crippen LogP contribution in [0.3, 0.4) is 0 Å². The van der Waals surface area contributed by atoms with Gasteiger partial charge in [0.2, 0.25) is 0 Å². The zero-order valence-electron chi connectivity index (χ0n) is 20.4. The van der Waals surface area contributed by atoms with E-state index in [-0.39, 0.29) is 17.9 Å². The lowest BCUT2D eigenvalue weighted by Gasteiger charge is -2.26. The largest absolute Gasteiger partial charge is 0.507 e. The first-order chi connectivity index (χ1) is 17.0. The molecule has 0 bridgehead atoms. The van der Waals surface area contributed by atoms with E-state index in [0.29, 0.717) is 11.3 Å². The fourth-order valence-corrected chi connectivity index (χ4v) is 4.57. The van der Waals surface area contributed by atoms with Crippen molar-refractivity contribution in [1.82, 2.24) is 9.88 Å². The van der Waals surface area contributed by atoms with Gasteiger partial charge in [0.15, 0.2) is 0 Å². The SMILES string of the molecule is CCc1ccc(/C(O)=C2/C(=O)C(=O)N(Cc3ccccn3)C2c2ccc(N(CC)CC)cc2)cc1. The quantitative estimate of drug-likeness (QED) is 0.282. The van der Waals surface area contributed by atoms with E-state index in [2.05, 4.69) is 30.7 Å². The first-order valence-electron chi connectivity index (χ1n) is 12.1. The molecule has 1 atom stereocenters. The van der Waals surface area contributed by atoms with Crippen molar-refractivity contribution in [3.63, 3.8) is 0 Å². The second kappa shape index (κ2) is 10.6. The van der Waals surface area contributed by atoms with Crippen molar-refractivity contribution in [3.05, 3.63) is 101 Å². The smallest absolute Gasteiger partial charge is 0.296 e. The van der Waals surface area contributed by atoms with E-state index in [1.807, 2.05) is 48.5 Å². The summed E-state index contributed by atoms with van der Waals surface area (Å²) >= 11 is 0. The molecule has 4 rings (SSSR count). The number of amides is 1. The van der Waals surface area contributed by atoms with Crippen molar-refractivity contribution in [2.75, 3.05) is 18.0 Å². The molecule has 1 aliphatic rings. The molecule has 0 saturated carbocycles. The van der Waals surface area contributed by atoms with Crippen molar-refractivity contribution in [3.8, 4) is 0 Å². The highest BCUT2D eigenvalue weighted by Crippen LogP contribution is 2.40. The number of aryl methyl sites for hydroxylation is 1. The fourth-order valence-electron chi connectivity index (χ4n) is 4.57. The number of carbonyl (C=O) groups is 2. The molecule has 2 heterocycles. The fraction of sp³-hybridized carbons (Fsp3) is 0.276. The standard InChI is InChI=1S/C29H31N3O3/c1-4-20-10-12-22(13-11-20)27(33)25-26(21-14-16-24(17-15-21)31(5-2)6-3)32(29(35)28(25)34)19-23-9-7-8-18-30-23/h7-18,26,33H,4-6,19H2,1-3H3/b27-25-. The first-order valence-corrected chi connectivity index (χ1v) is 12.1. The number of aromatic nitrogens is 1. The summed E-state index contributed by atoms with van der Waals surface area (Å²) in [5, 5.41) is 11.3. The van der Waals surface area contributed by atoms with Gasteiger partial charge < -0.3 is 14.9 Å². The molecule has 180 valence electrons. The number of rotatable bonds is 8. The highest BCUT2D eigenvalue weighted by molar-refractivity contribution is 6.46. The Balaban J connectivity index is 1.82. The Bertz CT molecular complexity index is 1210. The molecule has 1 aromatic heterocycles. The number of hydrogen-bond donors (Lipinski definition) is 1. The van der Waals surface area contributed by atoms with Crippen LogP contribution in [0.2, 0.25) is 0 Å². The van der Waals surface area contributed by atoms with Crippen LogP contribution >= 0.6 is 0 Å². The van der Waals surface area contributed by atoms with E-state index in [1.165, 1.54) is 4.90 Å². The lowest BCUT2D eigenvalue weighted by molar-refractivity contribution is -0.140. The van der Waals surface area contributed by atoms with Gasteiger partial charge in [-0.25, -0.2) is 0 Å². The third kappa shape index (κ3) is 4.83. The van der Waals surface area contributed by atoms with Crippen molar-refractivity contribution < 1.29 is 14.7 Å². The highest BCUT2D eigenvalue weighted by atomic mass is 16.3. The molecule has 2 aromatic carbocycles. The lowest BCUT2D eigenvalue weighted by Crippen LogP contribution is -2.29. The Kier molecular flexibility index (Phi) is 7.30. The number of benzene rings is 2. The topological polar surface area (TPSA) is 73.7 Å². The number of nitrogens with zero attached hydrogens (tertiary/aromatic N) is 3. The second-order valence-electron chi connectivity index (χ2n) is 8.56. The minimum atomic E-state index is -0.714. The minimum Gasteiger partial charge on any atom is -0.507 e. The Labute approximate surface area is 206 Å². The highest BCUT2D eigenvalue weighted by Gasteiger charge is 2.46. The summed E-state index contributed by atoms with van der Waals surface area (Å²) in [5.41, 5.74) is 4.25. The Morgan fingerprint density at radius 2 is 1.63 bits per heavy atom. The second-order valence-corrected chi connectivity index (χ2v) is 8.56. The van der Waals surface area contributed by atoms with E-state index in [0.717, 1.165) is 36.3 Å². The van der Waals surface area contributed by atoms with Crippen molar-refractivity contribution in [2.45, 2.75) is 39.8 Å². The van der Waals surface area contributed by atoms with E-state index < -0.39 is 17.7 Å². The van der Waals surface area contributed by atoms with Gasteiger partial charge in [0, 0.05) is 30.5 Å². The number of Topliss-reactive ketones (excluding diaryl/α,β-unsaturated/α-hetero) is 1. The van der Waals surface area contributed by atoms with Gasteiger partial charge in [0.05, 0.1) is 23.9 Å². The summed E-state index contributed by atoms with van der Waals surface area (Å²) in [6.07, 6.45) is 2.53. The summed E-state index contributed by atoms with van der Waals surface area (Å²) in [6, 6.07) is 20.1. The Morgan fingerprint density at radius 3 is 2.20 bits per heavy atom. The van der Waals surface area contributed by atoms with Crippen LogP contribution in [-0.2, 0) is 22.6 Å². The minimum absolute atomic E-state index is 0.103. The third-order valence-corrected chi connectivity index (χ3v) is 6.57. The van der Waals surface area contributed by atoms with Gasteiger partial charge in [-0.2, -0.15) is 0 Å². The number of ketones is 1. The lowest BCUT2D eigenvalue weighted by atomic mass is 9.94. The van der Waals surface area contributed by atoms with Crippen LogP contribution in [0.4, 0.5) is 5.69 Å². The number of carbonyl (C=O) groups excluding carboxylic acids is 2. The predicted molar refractivity (Wildman–Crippen MR) is 138 cm³/mol. The third-order valence-electron chi connectivity index (χ3n) is 6.57. The summed E-state index contributed by atoms with van der Waals surface area (Å²) in [6.45, 7) is 8.18. The van der Waals surface area contributed by atoms with Crippen LogP contribution in [0.15, 0.2) is 78.5 Å². The number of hydrogen-bond acceptors (Lipinski definition) is 5. The van der Waals surface area contributed by atoms with Gasteiger partial charge in [0.1, 0.15) is 5.76 Å². The molecule has 1 fully saturated rings. The molecule has 1 N–H and O–H groups in total. The molecule has 35 heavy (non-hydrogen) atoms. The van der Waals surface area contributed by atoms with E-state index in [4.69, 9.17) is 0 Å². The van der Waals surface area contributed by atoms with Crippen molar-refractivity contribution >= 4 is 23.1 Å². The van der Waals surface area contributed by atoms with E-state index >= 15 is 0 Å². The van der Waals surface area contributed by atoms with Gasteiger partial charge in [-0.05, 0) is 55.7 Å². The molecule has 1 aliphatic heterocycles. The number of pyridine rings is 1. The summed E-state index contributed by atoms with van der Waals surface area (Å²) in [5.74, 6) is -1.48. The van der Waals surface area contributed by atoms with Gasteiger partial charge in [-0.15, -0.1) is 0 Å². The molecular formula is C29H31N3O3. The molecule has 1 saturated heterocycles. The van der Waals surface area contributed by atoms with Crippen molar-refractivity contribution in [2.24, 2.45) is 0 Å². The number of likely N-dealkylation sites (tertiary alicyclic amines) is 1. The van der Waals surface area contributed by atoms with Crippen LogP contribution in [0.1, 0.15) is 49.2 Å². The maximum atomic E-state index is 13.3. The zero-order chi connectivity index (χ0) is 24.9. The zero-order valence-corrected chi connectivity index (χ0v) is 20.4. The average Bonchev–Trinajstić information content (AvgIpc) is 3.15. The molecule has 0 aliphatic carbocycles. The number of aliphatic hydroxyl groups is 1.